The maximum atomic E-state index is 13.5. The smallest absolute Gasteiger partial charge is 0.224 e. The van der Waals surface area contributed by atoms with Gasteiger partial charge in [-0.05, 0) is 120 Å². The molecule has 0 unspecified atom stereocenters. The number of halogens is 3. The summed E-state index contributed by atoms with van der Waals surface area (Å²) in [5.74, 6) is -1.11. The van der Waals surface area contributed by atoms with Crippen LogP contribution in [-0.4, -0.2) is 20.9 Å². The zero-order valence-corrected chi connectivity index (χ0v) is 34.4. The van der Waals surface area contributed by atoms with E-state index < -0.39 is 11.6 Å². The van der Waals surface area contributed by atoms with E-state index in [1.165, 1.54) is 17.6 Å². The summed E-state index contributed by atoms with van der Waals surface area (Å²) in [6, 6.07) is 19.7. The van der Waals surface area contributed by atoms with Crippen LogP contribution >= 0.6 is 11.6 Å². The fourth-order valence-electron chi connectivity index (χ4n) is 7.06. The molecule has 0 aliphatic carbocycles. The molecule has 0 atom stereocenters. The molecule has 9 heteroatoms. The third kappa shape index (κ3) is 10.6. The van der Waals surface area contributed by atoms with Crippen LogP contribution in [0, 0.1) is 50.2 Å². The van der Waals surface area contributed by atoms with E-state index in [-0.39, 0.29) is 22.6 Å². The molecule has 0 fully saturated rings. The number of benzene rings is 4. The zero-order valence-electron chi connectivity index (χ0n) is 33.7. The summed E-state index contributed by atoms with van der Waals surface area (Å²) in [5, 5.41) is 9.10. The Labute approximate surface area is 328 Å². The van der Waals surface area contributed by atoms with E-state index in [1.54, 1.807) is 0 Å². The highest BCUT2D eigenvalue weighted by atomic mass is 35.5. The van der Waals surface area contributed by atoms with Gasteiger partial charge in [-0.1, -0.05) is 65.3 Å². The number of anilines is 2. The van der Waals surface area contributed by atoms with E-state index in [0.717, 1.165) is 73.1 Å². The molecule has 290 valence electrons. The second-order valence-electron chi connectivity index (χ2n) is 17.1. The van der Waals surface area contributed by atoms with Gasteiger partial charge in [0, 0.05) is 82.6 Å². The van der Waals surface area contributed by atoms with Crippen molar-refractivity contribution in [2.45, 2.75) is 95.2 Å². The van der Waals surface area contributed by atoms with Crippen LogP contribution in [0.3, 0.4) is 0 Å². The van der Waals surface area contributed by atoms with Gasteiger partial charge in [-0.3, -0.25) is 9.59 Å². The molecule has 0 radical (unpaired) electrons. The molecule has 2 heterocycles. The monoisotopic (exact) mass is 766 g/mol. The molecule has 6 rings (SSSR count). The maximum Gasteiger partial charge on any atom is 0.224 e. The van der Waals surface area contributed by atoms with Crippen molar-refractivity contribution < 1.29 is 18.4 Å². The first-order valence-electron chi connectivity index (χ1n) is 18.6. The van der Waals surface area contributed by atoms with Gasteiger partial charge in [0.15, 0.2) is 0 Å². The summed E-state index contributed by atoms with van der Waals surface area (Å²) in [4.78, 5) is 24.8. The van der Waals surface area contributed by atoms with Gasteiger partial charge in [0.25, 0.3) is 0 Å². The molecule has 0 aliphatic heterocycles. The quantitative estimate of drug-likeness (QED) is 0.162. The molecule has 0 bridgehead atoms. The number of nitrogens with zero attached hydrogens (tertiary/aromatic N) is 2. The van der Waals surface area contributed by atoms with Gasteiger partial charge in [-0.2, -0.15) is 0 Å². The molecule has 0 spiro atoms. The first kappa shape index (κ1) is 41.2. The molecular weight excluding hydrogens is 714 g/mol. The Morgan fingerprint density at radius 3 is 1.47 bits per heavy atom. The second kappa shape index (κ2) is 16.4. The summed E-state index contributed by atoms with van der Waals surface area (Å²) in [5.41, 5.74) is 9.63. The van der Waals surface area contributed by atoms with Gasteiger partial charge >= 0.3 is 0 Å². The SMILES string of the molecule is Cc1cc2c(ccn2Cc2cc(F)cc(F)c2)c(C)c1NC(=O)CC(C)(C)C.Cc1cc2c(ccn2Cc2cccc(Cl)c2)c(C)c1NC(=O)CC(C)(C)C. The molecule has 6 nitrogen and oxygen atoms in total. The van der Waals surface area contributed by atoms with E-state index in [4.69, 9.17) is 11.6 Å². The predicted molar refractivity (Wildman–Crippen MR) is 224 cm³/mol. The van der Waals surface area contributed by atoms with Crippen LogP contribution in [-0.2, 0) is 22.7 Å². The fourth-order valence-corrected chi connectivity index (χ4v) is 7.28. The van der Waals surface area contributed by atoms with E-state index in [2.05, 4.69) is 74.2 Å². The van der Waals surface area contributed by atoms with Gasteiger partial charge < -0.3 is 19.8 Å². The van der Waals surface area contributed by atoms with Crippen molar-refractivity contribution in [2.24, 2.45) is 10.8 Å². The van der Waals surface area contributed by atoms with Crippen molar-refractivity contribution in [1.82, 2.24) is 9.13 Å². The van der Waals surface area contributed by atoms with Crippen LogP contribution in [0.25, 0.3) is 21.8 Å². The summed E-state index contributed by atoms with van der Waals surface area (Å²) >= 11 is 6.12. The van der Waals surface area contributed by atoms with Gasteiger partial charge in [0.1, 0.15) is 11.6 Å². The molecular formula is C46H53ClF2N4O2. The highest BCUT2D eigenvalue weighted by Gasteiger charge is 2.20. The Morgan fingerprint density at radius 2 is 1.05 bits per heavy atom. The van der Waals surface area contributed by atoms with E-state index in [1.807, 2.05) is 75.7 Å². The molecule has 6 aromatic rings. The third-order valence-electron chi connectivity index (χ3n) is 9.49. The number of fused-ring (bicyclic) bond motifs is 2. The third-order valence-corrected chi connectivity index (χ3v) is 9.73. The van der Waals surface area contributed by atoms with Gasteiger partial charge in [0.05, 0.1) is 0 Å². The number of hydrogen-bond donors (Lipinski definition) is 2. The number of amides is 2. The van der Waals surface area contributed by atoms with Crippen molar-refractivity contribution >= 4 is 56.6 Å². The van der Waals surface area contributed by atoms with Crippen LogP contribution in [0.2, 0.25) is 5.02 Å². The minimum Gasteiger partial charge on any atom is -0.343 e. The van der Waals surface area contributed by atoms with Crippen LogP contribution in [0.1, 0.15) is 87.8 Å². The average molecular weight is 767 g/mol. The molecule has 0 saturated heterocycles. The lowest BCUT2D eigenvalue weighted by molar-refractivity contribution is -0.118. The normalized spacial score (nSPS) is 11.8. The predicted octanol–water partition coefficient (Wildman–Crippen LogP) is 12.3. The Hall–Kier alpha value is -4.95. The topological polar surface area (TPSA) is 68.1 Å². The van der Waals surface area contributed by atoms with E-state index >= 15 is 0 Å². The highest BCUT2D eigenvalue weighted by Crippen LogP contribution is 2.33. The molecule has 2 aromatic heterocycles. The second-order valence-corrected chi connectivity index (χ2v) is 17.6. The minimum absolute atomic E-state index is 0.00674. The lowest BCUT2D eigenvalue weighted by atomic mass is 9.91. The van der Waals surface area contributed by atoms with Crippen molar-refractivity contribution in [3.8, 4) is 0 Å². The largest absolute Gasteiger partial charge is 0.343 e. The number of hydrogen-bond acceptors (Lipinski definition) is 2. The molecule has 0 aliphatic rings. The molecule has 4 aromatic carbocycles. The number of aryl methyl sites for hydroxylation is 4. The standard InChI is InChI=1S/C23H27ClN2O.C23H26F2N2O/c1-15-11-20-19(16(2)22(15)25-21(27)13-23(3,4)5)9-10-26(20)14-17-7-6-8-18(24)12-17;1-14-8-20-19(15(2)22(14)26-21(28)12-23(3,4)5)6-7-27(20)13-16-9-17(24)11-18(25)10-16/h6-12H,13-14H2,1-5H3,(H,25,27);6-11H,12-13H2,1-5H3,(H,26,28). The van der Waals surface area contributed by atoms with Gasteiger partial charge in [-0.15, -0.1) is 0 Å². The molecule has 55 heavy (non-hydrogen) atoms. The number of rotatable bonds is 8. The first-order valence-corrected chi connectivity index (χ1v) is 19.0. The van der Waals surface area contributed by atoms with Crippen LogP contribution in [0.15, 0.2) is 79.1 Å². The minimum atomic E-state index is -0.581. The van der Waals surface area contributed by atoms with E-state index in [0.29, 0.717) is 24.9 Å². The van der Waals surface area contributed by atoms with Gasteiger partial charge in [-0.25, -0.2) is 8.78 Å². The molecule has 0 saturated carbocycles. The van der Waals surface area contributed by atoms with Gasteiger partial charge in [0.2, 0.25) is 11.8 Å². The van der Waals surface area contributed by atoms with Crippen molar-refractivity contribution in [1.29, 1.82) is 0 Å². The van der Waals surface area contributed by atoms with Crippen LogP contribution in [0.5, 0.6) is 0 Å². The summed E-state index contributed by atoms with van der Waals surface area (Å²) in [7, 11) is 0. The summed E-state index contributed by atoms with van der Waals surface area (Å²) in [6.07, 6.45) is 4.94. The number of carbonyl (C=O) groups is 2. The van der Waals surface area contributed by atoms with E-state index in [9.17, 15) is 18.4 Å². The fraction of sp³-hybridized carbons (Fsp3) is 0.348. The Kier molecular flexibility index (Phi) is 12.3. The van der Waals surface area contributed by atoms with Crippen molar-refractivity contribution in [3.63, 3.8) is 0 Å². The van der Waals surface area contributed by atoms with Crippen molar-refractivity contribution in [2.75, 3.05) is 10.6 Å². The Balaban J connectivity index is 0.000000211. The maximum absolute atomic E-state index is 13.5. The zero-order chi connectivity index (χ0) is 40.4. The lowest BCUT2D eigenvalue weighted by Gasteiger charge is -2.19. The van der Waals surface area contributed by atoms with Crippen LogP contribution < -0.4 is 10.6 Å². The number of aromatic nitrogens is 2. The molecule has 2 N–H and O–H groups in total. The summed E-state index contributed by atoms with van der Waals surface area (Å²) < 4.78 is 31.2. The number of carbonyl (C=O) groups excluding carboxylic acids is 2. The summed E-state index contributed by atoms with van der Waals surface area (Å²) in [6.45, 7) is 21.5. The Bertz CT molecular complexity index is 2360. The Morgan fingerprint density at radius 1 is 0.618 bits per heavy atom. The number of nitrogens with one attached hydrogen (secondary N) is 2. The lowest BCUT2D eigenvalue weighted by Crippen LogP contribution is -2.20. The van der Waals surface area contributed by atoms with Crippen LogP contribution in [0.4, 0.5) is 20.2 Å². The first-order chi connectivity index (χ1) is 25.7. The highest BCUT2D eigenvalue weighted by molar-refractivity contribution is 6.30. The van der Waals surface area contributed by atoms with Crippen molar-refractivity contribution in [3.05, 3.63) is 129 Å². The average Bonchev–Trinajstić information content (AvgIpc) is 3.63. The molecule has 2 amide bonds.